The molecule has 4 nitrogen and oxygen atoms in total. The second kappa shape index (κ2) is 7.74. The van der Waals surface area contributed by atoms with Crippen LogP contribution in [0.15, 0.2) is 53.4 Å². The van der Waals surface area contributed by atoms with E-state index in [2.05, 4.69) is 0 Å². The molecule has 0 aliphatic carbocycles. The number of benzene rings is 2. The van der Waals surface area contributed by atoms with Crippen molar-refractivity contribution in [1.82, 2.24) is 0 Å². The van der Waals surface area contributed by atoms with Crippen LogP contribution in [0.2, 0.25) is 5.02 Å². The second-order valence-corrected chi connectivity index (χ2v) is 7.04. The molecular formula is C16H14ClF3O4S. The van der Waals surface area contributed by atoms with Gasteiger partial charge in [-0.3, -0.25) is 4.18 Å². The molecule has 0 saturated carbocycles. The zero-order chi connectivity index (χ0) is 18.7. The summed E-state index contributed by atoms with van der Waals surface area (Å²) >= 11 is 5.70. The molecule has 2 aromatic carbocycles. The van der Waals surface area contributed by atoms with Gasteiger partial charge in [0.1, 0.15) is 6.10 Å². The van der Waals surface area contributed by atoms with Gasteiger partial charge in [-0.25, -0.2) is 0 Å². The van der Waals surface area contributed by atoms with Crippen LogP contribution < -0.4 is 0 Å². The molecule has 0 N–H and O–H groups in total. The van der Waals surface area contributed by atoms with Crippen molar-refractivity contribution in [3.63, 3.8) is 0 Å². The standard InChI is InChI=1S/C16H14ClF3O4S/c1-23-10-15(13-4-2-3-5-14(13)16(18,19)20)24-25(21,22)12-8-6-11(17)7-9-12/h2-9,15H,10H2,1H3/t15-/m1/s1. The van der Waals surface area contributed by atoms with Crippen LogP contribution in [-0.2, 0) is 25.2 Å². The van der Waals surface area contributed by atoms with Gasteiger partial charge in [-0.1, -0.05) is 29.8 Å². The van der Waals surface area contributed by atoms with Gasteiger partial charge < -0.3 is 4.74 Å². The zero-order valence-electron chi connectivity index (χ0n) is 13.0. The molecule has 9 heteroatoms. The second-order valence-electron chi connectivity index (χ2n) is 5.03. The predicted molar refractivity (Wildman–Crippen MR) is 85.8 cm³/mol. The first kappa shape index (κ1) is 19.7. The normalized spacial score (nSPS) is 13.6. The Morgan fingerprint density at radius 1 is 1.08 bits per heavy atom. The fourth-order valence-corrected chi connectivity index (χ4v) is 3.34. The van der Waals surface area contributed by atoms with Gasteiger partial charge >= 0.3 is 6.18 Å². The van der Waals surface area contributed by atoms with Crippen LogP contribution in [0.5, 0.6) is 0 Å². The van der Waals surface area contributed by atoms with E-state index in [9.17, 15) is 21.6 Å². The van der Waals surface area contributed by atoms with Crippen molar-refractivity contribution in [2.24, 2.45) is 0 Å². The minimum atomic E-state index is -4.66. The van der Waals surface area contributed by atoms with E-state index in [0.717, 1.165) is 12.1 Å². The molecule has 0 amide bonds. The van der Waals surface area contributed by atoms with Crippen LogP contribution in [0.3, 0.4) is 0 Å². The Bertz CT molecular complexity index is 820. The van der Waals surface area contributed by atoms with Gasteiger partial charge in [0.2, 0.25) is 0 Å². The lowest BCUT2D eigenvalue weighted by Crippen LogP contribution is -2.20. The predicted octanol–water partition coefficient (Wildman–Crippen LogP) is 4.45. The molecule has 0 aliphatic rings. The van der Waals surface area contributed by atoms with Crippen molar-refractivity contribution in [2.75, 3.05) is 13.7 Å². The van der Waals surface area contributed by atoms with Crippen LogP contribution in [-0.4, -0.2) is 22.1 Å². The van der Waals surface area contributed by atoms with E-state index in [4.69, 9.17) is 20.5 Å². The summed E-state index contributed by atoms with van der Waals surface area (Å²) in [6.07, 6.45) is -6.11. The number of hydrogen-bond donors (Lipinski definition) is 0. The van der Waals surface area contributed by atoms with Gasteiger partial charge in [0.05, 0.1) is 17.1 Å². The fourth-order valence-electron chi connectivity index (χ4n) is 2.17. The molecule has 0 heterocycles. The Morgan fingerprint density at radius 2 is 1.68 bits per heavy atom. The molecule has 0 radical (unpaired) electrons. The Morgan fingerprint density at radius 3 is 2.24 bits per heavy atom. The Hall–Kier alpha value is -1.61. The topological polar surface area (TPSA) is 52.6 Å². The maximum absolute atomic E-state index is 13.2. The molecule has 0 aliphatic heterocycles. The maximum atomic E-state index is 13.2. The average molecular weight is 395 g/mol. The van der Waals surface area contributed by atoms with E-state index < -0.39 is 28.0 Å². The van der Waals surface area contributed by atoms with Crippen LogP contribution in [0.25, 0.3) is 0 Å². The highest BCUT2D eigenvalue weighted by molar-refractivity contribution is 7.86. The van der Waals surface area contributed by atoms with E-state index in [1.54, 1.807) is 0 Å². The lowest BCUT2D eigenvalue weighted by Gasteiger charge is -2.21. The molecule has 0 unspecified atom stereocenters. The maximum Gasteiger partial charge on any atom is 0.416 e. The zero-order valence-corrected chi connectivity index (χ0v) is 14.5. The number of ether oxygens (including phenoxy) is 1. The monoisotopic (exact) mass is 394 g/mol. The molecule has 0 saturated heterocycles. The molecule has 0 aromatic heterocycles. The lowest BCUT2D eigenvalue weighted by atomic mass is 10.0. The van der Waals surface area contributed by atoms with Gasteiger partial charge in [-0.2, -0.15) is 21.6 Å². The van der Waals surface area contributed by atoms with Gasteiger partial charge in [0.25, 0.3) is 10.1 Å². The largest absolute Gasteiger partial charge is 0.416 e. The molecule has 0 bridgehead atoms. The first-order valence-electron chi connectivity index (χ1n) is 6.99. The molecule has 2 rings (SSSR count). The fraction of sp³-hybridized carbons (Fsp3) is 0.250. The first-order chi connectivity index (χ1) is 11.6. The minimum absolute atomic E-state index is 0.220. The summed E-state index contributed by atoms with van der Waals surface area (Å²) in [5.41, 5.74) is -1.31. The molecule has 25 heavy (non-hydrogen) atoms. The van der Waals surface area contributed by atoms with Crippen molar-refractivity contribution < 1.29 is 30.5 Å². The highest BCUT2D eigenvalue weighted by Crippen LogP contribution is 2.36. The summed E-state index contributed by atoms with van der Waals surface area (Å²) in [5.74, 6) is 0. The first-order valence-corrected chi connectivity index (χ1v) is 8.77. The number of halogens is 4. The summed E-state index contributed by atoms with van der Waals surface area (Å²) in [6.45, 7) is -0.375. The van der Waals surface area contributed by atoms with Crippen LogP contribution in [0.1, 0.15) is 17.2 Å². The Kier molecular flexibility index (Phi) is 6.10. The molecular weight excluding hydrogens is 381 g/mol. The van der Waals surface area contributed by atoms with Crippen LogP contribution >= 0.6 is 11.6 Å². The van der Waals surface area contributed by atoms with E-state index in [1.807, 2.05) is 0 Å². The van der Waals surface area contributed by atoms with Crippen LogP contribution in [0.4, 0.5) is 13.2 Å². The molecule has 1 atom stereocenters. The Balaban J connectivity index is 2.41. The van der Waals surface area contributed by atoms with Crippen molar-refractivity contribution in [3.8, 4) is 0 Å². The van der Waals surface area contributed by atoms with Crippen LogP contribution in [0, 0.1) is 0 Å². The summed E-state index contributed by atoms with van der Waals surface area (Å²) in [6, 6.07) is 9.68. The quantitative estimate of drug-likeness (QED) is 0.679. The number of alkyl halides is 3. The highest BCUT2D eigenvalue weighted by Gasteiger charge is 2.36. The summed E-state index contributed by atoms with van der Waals surface area (Å²) in [4.78, 5) is -0.220. The van der Waals surface area contributed by atoms with Crippen molar-refractivity contribution in [2.45, 2.75) is 17.2 Å². The molecule has 0 fully saturated rings. The van der Waals surface area contributed by atoms with Crippen molar-refractivity contribution >= 4 is 21.7 Å². The van der Waals surface area contributed by atoms with Gasteiger partial charge in [-0.05, 0) is 35.9 Å². The smallest absolute Gasteiger partial charge is 0.382 e. The van der Waals surface area contributed by atoms with Gasteiger partial charge in [0, 0.05) is 12.1 Å². The van der Waals surface area contributed by atoms with E-state index in [-0.39, 0.29) is 17.1 Å². The molecule has 136 valence electrons. The number of hydrogen-bond acceptors (Lipinski definition) is 4. The third-order valence-electron chi connectivity index (χ3n) is 3.28. The average Bonchev–Trinajstić information content (AvgIpc) is 2.54. The summed E-state index contributed by atoms with van der Waals surface area (Å²) < 4.78 is 74.2. The number of rotatable bonds is 6. The van der Waals surface area contributed by atoms with E-state index in [0.29, 0.717) is 5.02 Å². The third kappa shape index (κ3) is 4.94. The van der Waals surface area contributed by atoms with E-state index in [1.165, 1.54) is 43.5 Å². The lowest BCUT2D eigenvalue weighted by molar-refractivity contribution is -0.139. The van der Waals surface area contributed by atoms with Gasteiger partial charge in [0.15, 0.2) is 0 Å². The number of methoxy groups -OCH3 is 1. The minimum Gasteiger partial charge on any atom is -0.382 e. The van der Waals surface area contributed by atoms with Crippen molar-refractivity contribution in [1.29, 1.82) is 0 Å². The highest BCUT2D eigenvalue weighted by atomic mass is 35.5. The third-order valence-corrected chi connectivity index (χ3v) is 4.86. The van der Waals surface area contributed by atoms with Gasteiger partial charge in [-0.15, -0.1) is 0 Å². The molecule has 2 aromatic rings. The Labute approximate surface area is 148 Å². The van der Waals surface area contributed by atoms with E-state index >= 15 is 0 Å². The summed E-state index contributed by atoms with van der Waals surface area (Å²) in [7, 11) is -3.08. The van der Waals surface area contributed by atoms with Crippen molar-refractivity contribution in [3.05, 3.63) is 64.7 Å². The SMILES string of the molecule is COC[C@@H](OS(=O)(=O)c1ccc(Cl)cc1)c1ccccc1C(F)(F)F. The molecule has 0 spiro atoms. The summed E-state index contributed by atoms with van der Waals surface area (Å²) in [5, 5.41) is 0.315.